The molecule has 0 saturated carbocycles. The molecule has 0 N–H and O–H groups in total. The number of nitrogens with zero attached hydrogens (tertiary/aromatic N) is 3. The summed E-state index contributed by atoms with van der Waals surface area (Å²) in [7, 11) is -3.51. The monoisotopic (exact) mass is 477 g/mol. The summed E-state index contributed by atoms with van der Waals surface area (Å²) in [4.78, 5) is 18.0. The number of rotatable bonds is 6. The molecule has 1 aromatic carbocycles. The Morgan fingerprint density at radius 3 is 2.27 bits per heavy atom. The molecule has 8 heteroatoms. The van der Waals surface area contributed by atoms with Gasteiger partial charge in [-0.1, -0.05) is 17.7 Å². The number of hydrogen-bond acceptors (Lipinski definition) is 5. The van der Waals surface area contributed by atoms with Crippen LogP contribution in [0.5, 0.6) is 0 Å². The zero-order valence-electron chi connectivity index (χ0n) is 20.2. The van der Waals surface area contributed by atoms with Crippen molar-refractivity contribution >= 4 is 15.9 Å². The number of sulfonamides is 1. The Bertz CT molecular complexity index is 914. The van der Waals surface area contributed by atoms with Gasteiger partial charge < -0.3 is 9.64 Å². The van der Waals surface area contributed by atoms with Crippen LogP contribution in [0.3, 0.4) is 0 Å². The Hall–Kier alpha value is -1.48. The summed E-state index contributed by atoms with van der Waals surface area (Å²) < 4.78 is 33.2. The average molecular weight is 478 g/mol. The zero-order chi connectivity index (χ0) is 23.4. The number of carbonyl (C=O) groups excluding carboxylic acids is 1. The lowest BCUT2D eigenvalue weighted by molar-refractivity contribution is -0.138. The van der Waals surface area contributed by atoms with Crippen molar-refractivity contribution in [3.63, 3.8) is 0 Å². The van der Waals surface area contributed by atoms with Crippen molar-refractivity contribution in [1.82, 2.24) is 14.1 Å². The van der Waals surface area contributed by atoms with Gasteiger partial charge >= 0.3 is 0 Å². The number of ether oxygens (including phenoxy) is 1. The molecule has 1 amide bonds. The third-order valence-corrected chi connectivity index (χ3v) is 9.69. The number of aryl methyl sites for hydroxylation is 2. The minimum Gasteiger partial charge on any atom is -0.379 e. The normalized spacial score (nSPS) is 22.5. The van der Waals surface area contributed by atoms with Crippen LogP contribution in [0.15, 0.2) is 23.1 Å². The van der Waals surface area contributed by atoms with Gasteiger partial charge in [0.1, 0.15) is 0 Å². The molecule has 3 heterocycles. The van der Waals surface area contributed by atoms with E-state index in [0.717, 1.165) is 69.9 Å². The lowest BCUT2D eigenvalue weighted by Gasteiger charge is -2.37. The molecule has 0 unspecified atom stereocenters. The van der Waals surface area contributed by atoms with E-state index in [1.807, 2.05) is 30.9 Å². The van der Waals surface area contributed by atoms with Crippen molar-refractivity contribution in [2.24, 2.45) is 11.8 Å². The van der Waals surface area contributed by atoms with E-state index in [1.54, 1.807) is 10.4 Å². The molecule has 0 radical (unpaired) electrons. The second-order valence-corrected chi connectivity index (χ2v) is 11.9. The number of hydrogen-bond donors (Lipinski definition) is 0. The molecule has 3 saturated heterocycles. The van der Waals surface area contributed by atoms with Crippen LogP contribution in [-0.4, -0.2) is 87.5 Å². The maximum Gasteiger partial charge on any atom is 0.243 e. The quantitative estimate of drug-likeness (QED) is 0.630. The van der Waals surface area contributed by atoms with Crippen molar-refractivity contribution in [2.75, 3.05) is 59.0 Å². The van der Waals surface area contributed by atoms with E-state index in [4.69, 9.17) is 4.74 Å². The highest BCUT2D eigenvalue weighted by atomic mass is 32.2. The minimum atomic E-state index is -3.51. The highest BCUT2D eigenvalue weighted by molar-refractivity contribution is 7.89. The van der Waals surface area contributed by atoms with Crippen molar-refractivity contribution in [3.05, 3.63) is 29.3 Å². The van der Waals surface area contributed by atoms with E-state index < -0.39 is 10.0 Å². The van der Waals surface area contributed by atoms with E-state index in [2.05, 4.69) is 4.90 Å². The van der Waals surface area contributed by atoms with Gasteiger partial charge in [0.2, 0.25) is 15.9 Å². The Morgan fingerprint density at radius 1 is 0.970 bits per heavy atom. The number of carbonyl (C=O) groups is 1. The Balaban J connectivity index is 1.23. The molecule has 3 aliphatic heterocycles. The molecule has 4 rings (SSSR count). The summed E-state index contributed by atoms with van der Waals surface area (Å²) in [5.74, 6) is 0.868. The predicted octanol–water partition coefficient (Wildman–Crippen LogP) is 2.67. The van der Waals surface area contributed by atoms with Crippen molar-refractivity contribution in [3.8, 4) is 0 Å². The van der Waals surface area contributed by atoms with Gasteiger partial charge in [-0.05, 0) is 70.0 Å². The van der Waals surface area contributed by atoms with Gasteiger partial charge in [0, 0.05) is 45.2 Å². The molecule has 0 spiro atoms. The largest absolute Gasteiger partial charge is 0.379 e. The van der Waals surface area contributed by atoms with Crippen LogP contribution >= 0.6 is 0 Å². The molecule has 0 aliphatic carbocycles. The highest BCUT2D eigenvalue weighted by Crippen LogP contribution is 2.29. The molecular weight excluding hydrogens is 438 g/mol. The fourth-order valence-electron chi connectivity index (χ4n) is 5.46. The van der Waals surface area contributed by atoms with E-state index in [0.29, 0.717) is 36.7 Å². The maximum absolute atomic E-state index is 13.1. The third kappa shape index (κ3) is 5.96. The predicted molar refractivity (Wildman–Crippen MR) is 129 cm³/mol. The van der Waals surface area contributed by atoms with Crippen molar-refractivity contribution in [1.29, 1.82) is 0 Å². The van der Waals surface area contributed by atoms with Gasteiger partial charge in [0.05, 0.1) is 18.1 Å². The second kappa shape index (κ2) is 10.8. The van der Waals surface area contributed by atoms with Crippen molar-refractivity contribution < 1.29 is 17.9 Å². The molecular formula is C25H39N3O4S. The number of piperidine rings is 2. The van der Waals surface area contributed by atoms with Gasteiger partial charge in [-0.2, -0.15) is 4.31 Å². The zero-order valence-corrected chi connectivity index (χ0v) is 21.0. The molecule has 7 nitrogen and oxygen atoms in total. The molecule has 0 atom stereocenters. The lowest BCUT2D eigenvalue weighted by atomic mass is 9.91. The van der Waals surface area contributed by atoms with E-state index in [-0.39, 0.29) is 11.8 Å². The second-order valence-electron chi connectivity index (χ2n) is 9.96. The summed E-state index contributed by atoms with van der Waals surface area (Å²) in [6.45, 7) is 11.2. The summed E-state index contributed by atoms with van der Waals surface area (Å²) >= 11 is 0. The van der Waals surface area contributed by atoms with Crippen LogP contribution in [0.4, 0.5) is 0 Å². The minimum absolute atomic E-state index is 0.0551. The van der Waals surface area contributed by atoms with Crippen LogP contribution in [0.2, 0.25) is 0 Å². The van der Waals surface area contributed by atoms with E-state index in [1.165, 1.54) is 6.42 Å². The van der Waals surface area contributed by atoms with Gasteiger partial charge in [-0.15, -0.1) is 0 Å². The van der Waals surface area contributed by atoms with E-state index in [9.17, 15) is 13.2 Å². The number of morpholine rings is 1. The SMILES string of the molecule is Cc1ccc(S(=O)(=O)N2CCC(C(=O)N3CCC(CCN4CCOCC4)CC3)CC2)c(C)c1. The van der Waals surface area contributed by atoms with Gasteiger partial charge in [0.25, 0.3) is 0 Å². The smallest absolute Gasteiger partial charge is 0.243 e. The maximum atomic E-state index is 13.1. The molecule has 0 aromatic heterocycles. The van der Waals surface area contributed by atoms with Crippen LogP contribution in [0.1, 0.15) is 43.2 Å². The first-order chi connectivity index (χ1) is 15.8. The summed E-state index contributed by atoms with van der Waals surface area (Å²) in [6, 6.07) is 5.47. The number of benzene rings is 1. The molecule has 0 bridgehead atoms. The molecule has 1 aromatic rings. The Kier molecular flexibility index (Phi) is 8.10. The molecule has 33 heavy (non-hydrogen) atoms. The Labute approximate surface area is 199 Å². The van der Waals surface area contributed by atoms with Crippen molar-refractivity contribution in [2.45, 2.75) is 50.8 Å². The number of amides is 1. The van der Waals surface area contributed by atoms with Crippen LogP contribution in [0.25, 0.3) is 0 Å². The fraction of sp³-hybridized carbons (Fsp3) is 0.720. The first-order valence-electron chi connectivity index (χ1n) is 12.5. The lowest BCUT2D eigenvalue weighted by Crippen LogP contribution is -2.46. The average Bonchev–Trinajstić information content (AvgIpc) is 2.83. The van der Waals surface area contributed by atoms with Crippen LogP contribution in [-0.2, 0) is 19.6 Å². The first-order valence-corrected chi connectivity index (χ1v) is 13.9. The molecule has 3 aliphatic rings. The van der Waals surface area contributed by atoms with Crippen LogP contribution < -0.4 is 0 Å². The highest BCUT2D eigenvalue weighted by Gasteiger charge is 2.35. The van der Waals surface area contributed by atoms with E-state index >= 15 is 0 Å². The summed E-state index contributed by atoms with van der Waals surface area (Å²) in [5, 5.41) is 0. The first kappa shape index (κ1) is 24.6. The standard InChI is InChI=1S/C25H39N3O4S/c1-20-3-4-24(21(2)19-20)33(30,31)28-13-8-23(9-14-28)25(29)27-11-6-22(7-12-27)5-10-26-15-17-32-18-16-26/h3-4,19,22-23H,5-18H2,1-2H3. The molecule has 3 fully saturated rings. The topological polar surface area (TPSA) is 70.2 Å². The third-order valence-electron chi connectivity index (χ3n) is 7.63. The summed E-state index contributed by atoms with van der Waals surface area (Å²) in [5.41, 5.74) is 1.84. The number of likely N-dealkylation sites (tertiary alicyclic amines) is 1. The molecule has 184 valence electrons. The van der Waals surface area contributed by atoms with Gasteiger partial charge in [-0.3, -0.25) is 9.69 Å². The van der Waals surface area contributed by atoms with Gasteiger partial charge in [-0.25, -0.2) is 8.42 Å². The summed E-state index contributed by atoms with van der Waals surface area (Å²) in [6.07, 6.45) is 4.59. The Morgan fingerprint density at radius 2 is 1.64 bits per heavy atom. The fourth-order valence-corrected chi connectivity index (χ4v) is 7.14. The van der Waals surface area contributed by atoms with Crippen LogP contribution in [0, 0.1) is 25.7 Å². The van der Waals surface area contributed by atoms with Gasteiger partial charge in [0.15, 0.2) is 0 Å².